The summed E-state index contributed by atoms with van der Waals surface area (Å²) in [6.45, 7) is 0.249. The van der Waals surface area contributed by atoms with Crippen LogP contribution in [-0.2, 0) is 11.3 Å². The Bertz CT molecular complexity index is 1120. The lowest BCUT2D eigenvalue weighted by molar-refractivity contribution is -0.122. The highest BCUT2D eigenvalue weighted by atomic mass is 16.2. The fourth-order valence-electron chi connectivity index (χ4n) is 3.98. The van der Waals surface area contributed by atoms with Crippen molar-refractivity contribution >= 4 is 22.6 Å². The van der Waals surface area contributed by atoms with Crippen LogP contribution in [0.2, 0.25) is 0 Å². The van der Waals surface area contributed by atoms with Gasteiger partial charge in [0.1, 0.15) is 0 Å². The summed E-state index contributed by atoms with van der Waals surface area (Å²) in [6.07, 6.45) is 4.82. The molecule has 0 saturated heterocycles. The van der Waals surface area contributed by atoms with Gasteiger partial charge in [-0.2, -0.15) is 5.10 Å². The number of nitrogens with zero attached hydrogens (tertiary/aromatic N) is 2. The number of amides is 2. The highest BCUT2D eigenvalue weighted by Gasteiger charge is 2.20. The van der Waals surface area contributed by atoms with E-state index in [-0.39, 0.29) is 23.7 Å². The summed E-state index contributed by atoms with van der Waals surface area (Å²) >= 11 is 0. The lowest BCUT2D eigenvalue weighted by Crippen LogP contribution is -2.43. The maximum atomic E-state index is 12.9. The van der Waals surface area contributed by atoms with E-state index in [4.69, 9.17) is 0 Å². The van der Waals surface area contributed by atoms with Crippen LogP contribution in [0.25, 0.3) is 10.8 Å². The van der Waals surface area contributed by atoms with Gasteiger partial charge in [-0.3, -0.25) is 25.2 Å². The molecule has 2 N–H and O–H groups in total. The molecule has 3 aromatic rings. The number of carbonyl (C=O) groups excluding carboxylic acids is 2. The molecular weight excluding hydrogens is 380 g/mol. The zero-order valence-corrected chi connectivity index (χ0v) is 16.6. The summed E-state index contributed by atoms with van der Waals surface area (Å²) in [5.74, 6) is -0.376. The van der Waals surface area contributed by atoms with E-state index >= 15 is 0 Å². The molecular formula is C23H24N4O3. The first-order valence-electron chi connectivity index (χ1n) is 10.2. The number of aromatic nitrogens is 2. The molecule has 0 radical (unpaired) electrons. The number of benzene rings is 2. The lowest BCUT2D eigenvalue weighted by Gasteiger charge is -2.13. The third-order valence-electron chi connectivity index (χ3n) is 5.52. The fourth-order valence-corrected chi connectivity index (χ4v) is 3.98. The van der Waals surface area contributed by atoms with Gasteiger partial charge in [0.05, 0.1) is 11.9 Å². The molecule has 0 bridgehead atoms. The summed E-state index contributed by atoms with van der Waals surface area (Å²) < 4.78 is 1.28. The maximum absolute atomic E-state index is 12.9. The highest BCUT2D eigenvalue weighted by molar-refractivity contribution is 6.05. The van der Waals surface area contributed by atoms with Crippen molar-refractivity contribution in [3.63, 3.8) is 0 Å². The molecule has 0 spiro atoms. The fraction of sp³-hybridized carbons (Fsp3) is 0.304. The second kappa shape index (κ2) is 8.90. The number of nitrogens with one attached hydrogen (secondary N) is 2. The van der Waals surface area contributed by atoms with Crippen molar-refractivity contribution in [3.05, 3.63) is 76.2 Å². The highest BCUT2D eigenvalue weighted by Crippen LogP contribution is 2.27. The van der Waals surface area contributed by atoms with E-state index < -0.39 is 5.91 Å². The summed E-state index contributed by atoms with van der Waals surface area (Å²) in [6, 6.07) is 16.3. The van der Waals surface area contributed by atoms with Gasteiger partial charge in [-0.15, -0.1) is 0 Å². The Balaban J connectivity index is 1.57. The van der Waals surface area contributed by atoms with E-state index in [1.807, 2.05) is 30.3 Å². The van der Waals surface area contributed by atoms with Crippen LogP contribution in [0.15, 0.2) is 59.4 Å². The van der Waals surface area contributed by atoms with Crippen LogP contribution in [0.3, 0.4) is 0 Å². The molecule has 1 fully saturated rings. The number of hydrogen-bond acceptors (Lipinski definition) is 4. The quantitative estimate of drug-likeness (QED) is 0.640. The Morgan fingerprint density at radius 2 is 1.60 bits per heavy atom. The van der Waals surface area contributed by atoms with Crippen molar-refractivity contribution in [2.24, 2.45) is 5.92 Å². The monoisotopic (exact) mass is 404 g/mol. The van der Waals surface area contributed by atoms with Gasteiger partial charge < -0.3 is 0 Å². The minimum Gasteiger partial charge on any atom is -0.273 e. The van der Waals surface area contributed by atoms with Crippen LogP contribution >= 0.6 is 0 Å². The van der Waals surface area contributed by atoms with Crippen LogP contribution in [0.5, 0.6) is 0 Å². The molecule has 1 aliphatic carbocycles. The predicted octanol–water partition coefficient (Wildman–Crippen LogP) is 2.79. The second-order valence-corrected chi connectivity index (χ2v) is 7.70. The maximum Gasteiger partial charge on any atom is 0.290 e. The third-order valence-corrected chi connectivity index (χ3v) is 5.52. The van der Waals surface area contributed by atoms with Crippen LogP contribution in [0, 0.1) is 5.92 Å². The first-order valence-corrected chi connectivity index (χ1v) is 10.2. The molecule has 4 rings (SSSR count). The van der Waals surface area contributed by atoms with Crippen molar-refractivity contribution in [2.75, 3.05) is 0 Å². The Morgan fingerprint density at radius 1 is 0.933 bits per heavy atom. The molecule has 30 heavy (non-hydrogen) atoms. The largest absolute Gasteiger partial charge is 0.290 e. The molecule has 0 aliphatic heterocycles. The topological polar surface area (TPSA) is 93.1 Å². The molecule has 0 unspecified atom stereocenters. The minimum atomic E-state index is -0.548. The molecule has 154 valence electrons. The van der Waals surface area contributed by atoms with E-state index in [0.717, 1.165) is 31.2 Å². The van der Waals surface area contributed by atoms with E-state index in [9.17, 15) is 14.4 Å². The second-order valence-electron chi connectivity index (χ2n) is 7.70. The van der Waals surface area contributed by atoms with Gasteiger partial charge in [0.25, 0.3) is 11.5 Å². The van der Waals surface area contributed by atoms with Gasteiger partial charge in [0, 0.05) is 11.8 Å². The summed E-state index contributed by atoms with van der Waals surface area (Å²) in [5, 5.41) is 5.18. The number of carbonyl (C=O) groups is 2. The van der Waals surface area contributed by atoms with Gasteiger partial charge in [-0.05, 0) is 30.4 Å². The zero-order valence-electron chi connectivity index (χ0n) is 16.6. The smallest absolute Gasteiger partial charge is 0.273 e. The van der Waals surface area contributed by atoms with E-state index in [1.165, 1.54) is 4.68 Å². The number of hydrogen-bond donors (Lipinski definition) is 2. The molecule has 7 nitrogen and oxygen atoms in total. The number of hydrazine groups is 1. The molecule has 1 aromatic heterocycles. The third kappa shape index (κ3) is 4.40. The van der Waals surface area contributed by atoms with Crippen LogP contribution in [0.1, 0.15) is 48.2 Å². The van der Waals surface area contributed by atoms with Crippen molar-refractivity contribution < 1.29 is 9.59 Å². The van der Waals surface area contributed by atoms with Crippen molar-refractivity contribution in [3.8, 4) is 0 Å². The van der Waals surface area contributed by atoms with Crippen LogP contribution < -0.4 is 16.4 Å². The average Bonchev–Trinajstić information content (AvgIpc) is 3.28. The summed E-state index contributed by atoms with van der Waals surface area (Å²) in [4.78, 5) is 37.8. The van der Waals surface area contributed by atoms with E-state index in [2.05, 4.69) is 16.0 Å². The van der Waals surface area contributed by atoms with Gasteiger partial charge in [0.2, 0.25) is 5.91 Å². The van der Waals surface area contributed by atoms with Crippen molar-refractivity contribution in [1.82, 2.24) is 20.6 Å². The van der Waals surface area contributed by atoms with Crippen LogP contribution in [-0.4, -0.2) is 21.6 Å². The molecule has 0 atom stereocenters. The minimum absolute atomic E-state index is 0.0993. The van der Waals surface area contributed by atoms with Gasteiger partial charge >= 0.3 is 0 Å². The molecule has 2 amide bonds. The van der Waals surface area contributed by atoms with Crippen molar-refractivity contribution in [2.45, 2.75) is 38.6 Å². The lowest BCUT2D eigenvalue weighted by atomic mass is 10.0. The SMILES string of the molecule is O=C(CC1CCCC1)NNC(=O)c1nn(Cc2ccccc2)c(=O)c2ccccc12. The Labute approximate surface area is 174 Å². The van der Waals surface area contributed by atoms with Gasteiger partial charge in [-0.25, -0.2) is 4.68 Å². The molecule has 7 heteroatoms. The van der Waals surface area contributed by atoms with Crippen molar-refractivity contribution in [1.29, 1.82) is 0 Å². The Kier molecular flexibility index (Phi) is 5.88. The predicted molar refractivity (Wildman–Crippen MR) is 114 cm³/mol. The normalized spacial score (nSPS) is 14.0. The first kappa shape index (κ1) is 19.8. The van der Waals surface area contributed by atoms with Gasteiger partial charge in [-0.1, -0.05) is 61.4 Å². The summed E-state index contributed by atoms with van der Waals surface area (Å²) in [5.41, 5.74) is 5.68. The first-order chi connectivity index (χ1) is 14.6. The standard InChI is InChI=1S/C23H24N4O3/c28-20(14-16-8-4-5-9-16)24-25-22(29)21-18-12-6-7-13-19(18)23(30)27(26-21)15-17-10-2-1-3-11-17/h1-3,6-7,10-13,16H,4-5,8-9,14-15H2,(H,24,28)(H,25,29). The zero-order chi connectivity index (χ0) is 20.9. The van der Waals surface area contributed by atoms with E-state index in [1.54, 1.807) is 24.3 Å². The average molecular weight is 404 g/mol. The Hall–Kier alpha value is -3.48. The molecule has 1 heterocycles. The van der Waals surface area contributed by atoms with Gasteiger partial charge in [0.15, 0.2) is 5.69 Å². The van der Waals surface area contributed by atoms with E-state index in [0.29, 0.717) is 23.1 Å². The molecule has 1 aliphatic rings. The Morgan fingerprint density at radius 3 is 2.33 bits per heavy atom. The molecule has 2 aromatic carbocycles. The summed E-state index contributed by atoms with van der Waals surface area (Å²) in [7, 11) is 0. The van der Waals surface area contributed by atoms with Crippen LogP contribution in [0.4, 0.5) is 0 Å². The number of rotatable bonds is 5. The number of fused-ring (bicyclic) bond motifs is 1. The molecule has 1 saturated carbocycles.